The zero-order valence-corrected chi connectivity index (χ0v) is 12.0. The van der Waals surface area contributed by atoms with Crippen molar-refractivity contribution >= 4 is 37.3 Å². The van der Waals surface area contributed by atoms with Crippen LogP contribution in [0.25, 0.3) is 0 Å². The molecule has 0 saturated heterocycles. The maximum Gasteiger partial charge on any atom is 0.262 e. The molecule has 0 aliphatic heterocycles. The second-order valence-corrected chi connectivity index (χ2v) is 6.31. The zero-order valence-electron chi connectivity index (χ0n) is 9.60. The molecule has 4 nitrogen and oxygen atoms in total. The maximum absolute atomic E-state index is 13.6. The Bertz CT molecular complexity index is 699. The summed E-state index contributed by atoms with van der Waals surface area (Å²) in [6.45, 7) is 0. The fourth-order valence-electron chi connectivity index (χ4n) is 1.47. The Morgan fingerprint density at radius 1 is 1.16 bits per heavy atom. The van der Waals surface area contributed by atoms with E-state index in [0.29, 0.717) is 10.2 Å². The minimum Gasteiger partial charge on any atom is -0.399 e. The van der Waals surface area contributed by atoms with Crippen molar-refractivity contribution in [3.05, 3.63) is 52.8 Å². The van der Waals surface area contributed by atoms with Crippen molar-refractivity contribution in [2.45, 2.75) is 4.90 Å². The lowest BCUT2D eigenvalue weighted by Crippen LogP contribution is -2.14. The van der Waals surface area contributed by atoms with Crippen molar-refractivity contribution in [2.75, 3.05) is 10.5 Å². The third-order valence-electron chi connectivity index (χ3n) is 2.37. The molecule has 0 bridgehead atoms. The molecule has 2 aromatic rings. The number of hydrogen-bond donors (Lipinski definition) is 2. The predicted molar refractivity (Wildman–Crippen MR) is 75.8 cm³/mol. The first-order valence-corrected chi connectivity index (χ1v) is 7.50. The van der Waals surface area contributed by atoms with Crippen LogP contribution in [0.3, 0.4) is 0 Å². The van der Waals surface area contributed by atoms with Gasteiger partial charge in [-0.15, -0.1) is 0 Å². The highest BCUT2D eigenvalue weighted by Gasteiger charge is 2.18. The van der Waals surface area contributed by atoms with E-state index >= 15 is 0 Å². The topological polar surface area (TPSA) is 72.2 Å². The minimum atomic E-state index is -3.88. The fourth-order valence-corrected chi connectivity index (χ4v) is 3.19. The van der Waals surface area contributed by atoms with Gasteiger partial charge < -0.3 is 5.73 Å². The van der Waals surface area contributed by atoms with Crippen LogP contribution in [-0.4, -0.2) is 8.42 Å². The average Bonchev–Trinajstić information content (AvgIpc) is 2.34. The molecule has 19 heavy (non-hydrogen) atoms. The number of anilines is 2. The minimum absolute atomic E-state index is 0.0253. The van der Waals surface area contributed by atoms with E-state index < -0.39 is 15.8 Å². The molecule has 0 unspecified atom stereocenters. The summed E-state index contributed by atoms with van der Waals surface area (Å²) < 4.78 is 40.3. The van der Waals surface area contributed by atoms with Crippen molar-refractivity contribution in [3.8, 4) is 0 Å². The zero-order chi connectivity index (χ0) is 14.0. The summed E-state index contributed by atoms with van der Waals surface area (Å²) in [6.07, 6.45) is 0. The Morgan fingerprint density at radius 2 is 1.84 bits per heavy atom. The standard InChI is InChI=1S/C12H10BrFN2O2S/c13-10-5-2-6-11(14)12(10)16-19(17,18)9-4-1-3-8(15)7-9/h1-7,16H,15H2. The lowest BCUT2D eigenvalue weighted by molar-refractivity contribution is 0.598. The summed E-state index contributed by atoms with van der Waals surface area (Å²) in [5, 5.41) is 0. The highest BCUT2D eigenvalue weighted by atomic mass is 79.9. The summed E-state index contributed by atoms with van der Waals surface area (Å²) >= 11 is 3.10. The maximum atomic E-state index is 13.6. The van der Waals surface area contributed by atoms with Gasteiger partial charge in [0, 0.05) is 10.2 Å². The van der Waals surface area contributed by atoms with Crippen molar-refractivity contribution in [3.63, 3.8) is 0 Å². The van der Waals surface area contributed by atoms with Gasteiger partial charge in [0.25, 0.3) is 10.0 Å². The van der Waals surface area contributed by atoms with Gasteiger partial charge in [0.1, 0.15) is 5.82 Å². The predicted octanol–water partition coefficient (Wildman–Crippen LogP) is 2.97. The molecular weight excluding hydrogens is 335 g/mol. The fraction of sp³-hybridized carbons (Fsp3) is 0. The molecule has 100 valence electrons. The Morgan fingerprint density at radius 3 is 2.47 bits per heavy atom. The molecule has 7 heteroatoms. The Kier molecular flexibility index (Phi) is 3.77. The quantitative estimate of drug-likeness (QED) is 0.840. The number of nitrogen functional groups attached to an aromatic ring is 1. The molecule has 0 aromatic heterocycles. The van der Waals surface area contributed by atoms with Crippen LogP contribution in [0.5, 0.6) is 0 Å². The van der Waals surface area contributed by atoms with Crippen LogP contribution in [0.2, 0.25) is 0 Å². The van der Waals surface area contributed by atoms with Crippen LogP contribution >= 0.6 is 15.9 Å². The first-order chi connectivity index (χ1) is 8.90. The first kappa shape index (κ1) is 13.8. The Labute approximate surface area is 118 Å². The largest absolute Gasteiger partial charge is 0.399 e. The van der Waals surface area contributed by atoms with E-state index in [1.54, 1.807) is 12.1 Å². The third-order valence-corrected chi connectivity index (χ3v) is 4.38. The SMILES string of the molecule is Nc1cccc(S(=O)(=O)Nc2c(F)cccc2Br)c1. The van der Waals surface area contributed by atoms with Gasteiger partial charge >= 0.3 is 0 Å². The van der Waals surface area contributed by atoms with Gasteiger partial charge in [0.05, 0.1) is 10.6 Å². The molecule has 3 N–H and O–H groups in total. The summed E-state index contributed by atoms with van der Waals surface area (Å²) in [4.78, 5) is -0.0253. The van der Waals surface area contributed by atoms with Crippen molar-refractivity contribution in [1.29, 1.82) is 0 Å². The average molecular weight is 345 g/mol. The van der Waals surface area contributed by atoms with Gasteiger partial charge in [0.2, 0.25) is 0 Å². The lowest BCUT2D eigenvalue weighted by Gasteiger charge is -2.10. The van der Waals surface area contributed by atoms with Gasteiger partial charge in [-0.3, -0.25) is 4.72 Å². The number of benzene rings is 2. The third kappa shape index (κ3) is 3.05. The molecule has 0 radical (unpaired) electrons. The molecule has 2 rings (SSSR count). The molecule has 0 amide bonds. The van der Waals surface area contributed by atoms with E-state index in [2.05, 4.69) is 20.7 Å². The van der Waals surface area contributed by atoms with E-state index in [1.165, 1.54) is 30.3 Å². The van der Waals surface area contributed by atoms with E-state index in [9.17, 15) is 12.8 Å². The van der Waals surface area contributed by atoms with Crippen LogP contribution in [0, 0.1) is 5.82 Å². The molecule has 2 aromatic carbocycles. The molecule has 0 aliphatic rings. The van der Waals surface area contributed by atoms with E-state index in [0.717, 1.165) is 0 Å². The molecular formula is C12H10BrFN2O2S. The van der Waals surface area contributed by atoms with Gasteiger partial charge in [-0.05, 0) is 46.3 Å². The van der Waals surface area contributed by atoms with E-state index in [-0.39, 0.29) is 10.6 Å². The number of hydrogen-bond acceptors (Lipinski definition) is 3. The highest BCUT2D eigenvalue weighted by Crippen LogP contribution is 2.27. The smallest absolute Gasteiger partial charge is 0.262 e. The van der Waals surface area contributed by atoms with Crippen LogP contribution in [0.4, 0.5) is 15.8 Å². The normalized spacial score (nSPS) is 11.3. The Balaban J connectivity index is 2.42. The monoisotopic (exact) mass is 344 g/mol. The molecule has 0 fully saturated rings. The summed E-state index contributed by atoms with van der Waals surface area (Å²) in [5.74, 6) is -0.665. The number of sulfonamides is 1. The van der Waals surface area contributed by atoms with Gasteiger partial charge in [0.15, 0.2) is 0 Å². The molecule has 0 atom stereocenters. The molecule has 0 spiro atoms. The highest BCUT2D eigenvalue weighted by molar-refractivity contribution is 9.10. The first-order valence-electron chi connectivity index (χ1n) is 5.22. The molecule has 0 heterocycles. The summed E-state index contributed by atoms with van der Waals surface area (Å²) in [6, 6.07) is 9.95. The number of halogens is 2. The Hall–Kier alpha value is -1.60. The number of nitrogens with one attached hydrogen (secondary N) is 1. The van der Waals surface area contributed by atoms with Crippen molar-refractivity contribution < 1.29 is 12.8 Å². The number of nitrogens with two attached hydrogens (primary N) is 1. The van der Waals surface area contributed by atoms with Crippen LogP contribution in [-0.2, 0) is 10.0 Å². The number of rotatable bonds is 3. The van der Waals surface area contributed by atoms with Gasteiger partial charge in [-0.25, -0.2) is 12.8 Å². The molecule has 0 saturated carbocycles. The van der Waals surface area contributed by atoms with E-state index in [4.69, 9.17) is 5.73 Å². The summed E-state index contributed by atoms with van der Waals surface area (Å²) in [7, 11) is -3.88. The van der Waals surface area contributed by atoms with Crippen molar-refractivity contribution in [1.82, 2.24) is 0 Å². The van der Waals surface area contributed by atoms with Crippen molar-refractivity contribution in [2.24, 2.45) is 0 Å². The number of para-hydroxylation sites is 1. The van der Waals surface area contributed by atoms with Crippen LogP contribution in [0.15, 0.2) is 51.8 Å². The van der Waals surface area contributed by atoms with Crippen LogP contribution in [0.1, 0.15) is 0 Å². The lowest BCUT2D eigenvalue weighted by atomic mass is 10.3. The van der Waals surface area contributed by atoms with Gasteiger partial charge in [-0.1, -0.05) is 12.1 Å². The van der Waals surface area contributed by atoms with Gasteiger partial charge in [-0.2, -0.15) is 0 Å². The van der Waals surface area contributed by atoms with Crippen LogP contribution < -0.4 is 10.5 Å². The second kappa shape index (κ2) is 5.18. The molecule has 0 aliphatic carbocycles. The second-order valence-electron chi connectivity index (χ2n) is 3.77. The van der Waals surface area contributed by atoms with E-state index in [1.807, 2.05) is 0 Å². The summed E-state index contributed by atoms with van der Waals surface area (Å²) in [5.41, 5.74) is 5.71.